The highest BCUT2D eigenvalue weighted by atomic mass is 15.2. The summed E-state index contributed by atoms with van der Waals surface area (Å²) >= 11 is 0. The first-order valence-electron chi connectivity index (χ1n) is 19.6. The molecule has 0 aromatic heterocycles. The fraction of sp³-hybridized carbons (Fsp3) is 0.0370. The SMILES string of the molecule is C1=Cc2cc(N(c3ccc4ccccc4c3)c3c4ccccc4c(N(c4ccc5ccccc5c4)c4ccc5ccccc5c4)c4ccccc34)ccc2CC1. The Balaban J connectivity index is 1.24. The number of rotatable bonds is 6. The third-order valence-electron chi connectivity index (χ3n) is 11.6. The lowest BCUT2D eigenvalue weighted by molar-refractivity contribution is 0.985. The molecule has 1 aliphatic carbocycles. The third-order valence-corrected chi connectivity index (χ3v) is 11.6. The van der Waals surface area contributed by atoms with Crippen LogP contribution in [0.25, 0.3) is 59.9 Å². The van der Waals surface area contributed by atoms with Crippen LogP contribution in [0.15, 0.2) is 200 Å². The summed E-state index contributed by atoms with van der Waals surface area (Å²) in [6.07, 6.45) is 6.76. The quantitative estimate of drug-likeness (QED) is 0.125. The van der Waals surface area contributed by atoms with Crippen LogP contribution >= 0.6 is 0 Å². The Hall–Kier alpha value is -7.16. The lowest BCUT2D eigenvalue weighted by atomic mass is 9.93. The van der Waals surface area contributed by atoms with E-state index < -0.39 is 0 Å². The summed E-state index contributed by atoms with van der Waals surface area (Å²) in [5, 5.41) is 12.1. The van der Waals surface area contributed by atoms with Gasteiger partial charge in [-0.05, 0) is 105 Å². The van der Waals surface area contributed by atoms with Crippen LogP contribution in [0.2, 0.25) is 0 Å². The van der Waals surface area contributed by atoms with Crippen molar-refractivity contribution in [3.8, 4) is 0 Å². The summed E-state index contributed by atoms with van der Waals surface area (Å²) < 4.78 is 0. The molecule has 0 saturated heterocycles. The first kappa shape index (κ1) is 32.3. The number of hydrogen-bond acceptors (Lipinski definition) is 2. The highest BCUT2D eigenvalue weighted by Gasteiger charge is 2.26. The van der Waals surface area contributed by atoms with E-state index in [1.54, 1.807) is 0 Å². The molecule has 56 heavy (non-hydrogen) atoms. The molecule has 0 spiro atoms. The van der Waals surface area contributed by atoms with E-state index in [1.165, 1.54) is 70.7 Å². The second-order valence-corrected chi connectivity index (χ2v) is 14.9. The molecule has 0 saturated carbocycles. The van der Waals surface area contributed by atoms with Crippen LogP contribution in [0.5, 0.6) is 0 Å². The zero-order valence-electron chi connectivity index (χ0n) is 30.9. The molecule has 2 nitrogen and oxygen atoms in total. The van der Waals surface area contributed by atoms with Crippen LogP contribution in [0.4, 0.5) is 34.1 Å². The molecule has 10 aromatic carbocycles. The Bertz CT molecular complexity index is 3040. The van der Waals surface area contributed by atoms with Crippen LogP contribution in [0.3, 0.4) is 0 Å². The van der Waals surface area contributed by atoms with Gasteiger partial charge in [-0.2, -0.15) is 0 Å². The van der Waals surface area contributed by atoms with Crippen LogP contribution in [0, 0.1) is 0 Å². The highest BCUT2D eigenvalue weighted by Crippen LogP contribution is 2.52. The minimum Gasteiger partial charge on any atom is -0.309 e. The molecule has 0 bridgehead atoms. The number of aryl methyl sites for hydroxylation is 1. The molecule has 0 amide bonds. The van der Waals surface area contributed by atoms with Gasteiger partial charge < -0.3 is 9.80 Å². The van der Waals surface area contributed by atoms with Gasteiger partial charge in [0, 0.05) is 44.3 Å². The number of hydrogen-bond donors (Lipinski definition) is 0. The molecule has 0 radical (unpaired) electrons. The Morgan fingerprint density at radius 1 is 0.321 bits per heavy atom. The van der Waals surface area contributed by atoms with Gasteiger partial charge in [0.15, 0.2) is 0 Å². The monoisotopic (exact) mass is 714 g/mol. The van der Waals surface area contributed by atoms with Gasteiger partial charge in [0.25, 0.3) is 0 Å². The lowest BCUT2D eigenvalue weighted by Crippen LogP contribution is -2.15. The predicted octanol–water partition coefficient (Wildman–Crippen LogP) is 15.4. The number of fused-ring (bicyclic) bond motifs is 6. The molecule has 11 rings (SSSR count). The van der Waals surface area contributed by atoms with E-state index in [0.717, 1.165) is 41.3 Å². The molecule has 10 aromatic rings. The normalized spacial score (nSPS) is 12.4. The maximum Gasteiger partial charge on any atom is 0.0619 e. The zero-order valence-corrected chi connectivity index (χ0v) is 30.9. The molecule has 0 heterocycles. The van der Waals surface area contributed by atoms with Crippen molar-refractivity contribution < 1.29 is 0 Å². The van der Waals surface area contributed by atoms with Gasteiger partial charge in [0.2, 0.25) is 0 Å². The Labute approximate surface area is 326 Å². The van der Waals surface area contributed by atoms with E-state index in [2.05, 4.69) is 216 Å². The first-order valence-corrected chi connectivity index (χ1v) is 19.6. The minimum absolute atomic E-state index is 1.07. The van der Waals surface area contributed by atoms with Crippen LogP contribution in [0.1, 0.15) is 17.5 Å². The summed E-state index contributed by atoms with van der Waals surface area (Å²) in [5.41, 5.74) is 9.56. The van der Waals surface area contributed by atoms with Crippen molar-refractivity contribution in [2.45, 2.75) is 12.8 Å². The average Bonchev–Trinajstić information content (AvgIpc) is 3.27. The molecule has 2 heteroatoms. The second-order valence-electron chi connectivity index (χ2n) is 14.9. The minimum atomic E-state index is 1.07. The van der Waals surface area contributed by atoms with Crippen molar-refractivity contribution in [3.05, 3.63) is 211 Å². The smallest absolute Gasteiger partial charge is 0.0619 e. The van der Waals surface area contributed by atoms with Crippen molar-refractivity contribution >= 4 is 94.1 Å². The van der Waals surface area contributed by atoms with E-state index in [-0.39, 0.29) is 0 Å². The van der Waals surface area contributed by atoms with Crippen LogP contribution in [-0.2, 0) is 6.42 Å². The van der Waals surface area contributed by atoms with E-state index in [9.17, 15) is 0 Å². The zero-order chi connectivity index (χ0) is 37.0. The summed E-state index contributed by atoms with van der Waals surface area (Å²) in [4.78, 5) is 4.98. The number of nitrogens with zero attached hydrogens (tertiary/aromatic N) is 2. The van der Waals surface area contributed by atoms with Gasteiger partial charge in [-0.1, -0.05) is 158 Å². The Kier molecular flexibility index (Phi) is 7.67. The van der Waals surface area contributed by atoms with Crippen molar-refractivity contribution in [1.82, 2.24) is 0 Å². The topological polar surface area (TPSA) is 6.48 Å². The van der Waals surface area contributed by atoms with Crippen molar-refractivity contribution in [2.24, 2.45) is 0 Å². The fourth-order valence-corrected chi connectivity index (χ4v) is 8.88. The second kappa shape index (κ2) is 13.3. The largest absolute Gasteiger partial charge is 0.309 e. The molecular formula is C54H38N2. The van der Waals surface area contributed by atoms with Gasteiger partial charge in [-0.15, -0.1) is 0 Å². The van der Waals surface area contributed by atoms with Gasteiger partial charge in [-0.3, -0.25) is 0 Å². The summed E-state index contributed by atoms with van der Waals surface area (Å²) in [7, 11) is 0. The summed E-state index contributed by atoms with van der Waals surface area (Å²) in [6, 6.07) is 71.6. The number of benzene rings is 10. The van der Waals surface area contributed by atoms with Crippen LogP contribution < -0.4 is 9.80 Å². The average molecular weight is 715 g/mol. The van der Waals surface area contributed by atoms with Crippen molar-refractivity contribution in [3.63, 3.8) is 0 Å². The van der Waals surface area contributed by atoms with E-state index in [0.29, 0.717) is 0 Å². The number of allylic oxidation sites excluding steroid dienone is 1. The molecule has 264 valence electrons. The third kappa shape index (κ3) is 5.41. The Morgan fingerprint density at radius 2 is 0.679 bits per heavy atom. The van der Waals surface area contributed by atoms with Crippen molar-refractivity contribution in [2.75, 3.05) is 9.80 Å². The Morgan fingerprint density at radius 3 is 1.11 bits per heavy atom. The molecular weight excluding hydrogens is 677 g/mol. The maximum absolute atomic E-state index is 2.50. The van der Waals surface area contributed by atoms with Gasteiger partial charge in [0.05, 0.1) is 11.4 Å². The summed E-state index contributed by atoms with van der Waals surface area (Å²) in [5.74, 6) is 0. The van der Waals surface area contributed by atoms with Crippen LogP contribution in [-0.4, -0.2) is 0 Å². The van der Waals surface area contributed by atoms with Gasteiger partial charge >= 0.3 is 0 Å². The highest BCUT2D eigenvalue weighted by molar-refractivity contribution is 6.23. The lowest BCUT2D eigenvalue weighted by Gasteiger charge is -2.33. The molecule has 0 atom stereocenters. The molecule has 0 unspecified atom stereocenters. The number of anilines is 6. The molecule has 0 aliphatic heterocycles. The van der Waals surface area contributed by atoms with E-state index in [1.807, 2.05) is 0 Å². The molecule has 0 N–H and O–H groups in total. The van der Waals surface area contributed by atoms with Crippen molar-refractivity contribution in [1.29, 1.82) is 0 Å². The molecule has 0 fully saturated rings. The summed E-state index contributed by atoms with van der Waals surface area (Å²) in [6.45, 7) is 0. The first-order chi connectivity index (χ1) is 27.8. The standard InChI is InChI=1S/C54H38N2/c1-5-17-41-33-45(29-25-37(41)13-1)55(46-30-26-38-14-2-6-18-42(38)34-46)53-49-21-9-11-23-51(49)54(52-24-12-10-22-50(52)53)56(47-31-27-39-15-3-7-19-43(39)35-47)48-32-28-40-16-4-8-20-44(40)36-48/h1-3,5-15,17-36H,4,16H2. The fourth-order valence-electron chi connectivity index (χ4n) is 8.88. The van der Waals surface area contributed by atoms with E-state index in [4.69, 9.17) is 0 Å². The van der Waals surface area contributed by atoms with E-state index >= 15 is 0 Å². The predicted molar refractivity (Wildman–Crippen MR) is 241 cm³/mol. The molecule has 1 aliphatic rings. The van der Waals surface area contributed by atoms with Gasteiger partial charge in [-0.25, -0.2) is 0 Å². The maximum atomic E-state index is 2.50. The van der Waals surface area contributed by atoms with Gasteiger partial charge in [0.1, 0.15) is 0 Å².